The molecule has 3 nitrogen and oxygen atoms in total. The van der Waals surface area contributed by atoms with E-state index in [0.29, 0.717) is 12.6 Å². The minimum atomic E-state index is -0.211. The Kier molecular flexibility index (Phi) is 4.15. The number of nitrogens with one attached hydrogen (secondary N) is 1. The summed E-state index contributed by atoms with van der Waals surface area (Å²) >= 11 is 0. The van der Waals surface area contributed by atoms with E-state index in [9.17, 15) is 4.79 Å². The van der Waals surface area contributed by atoms with E-state index in [-0.39, 0.29) is 11.8 Å². The number of carbonyl (C=O) groups excluding carboxylic acids is 1. The molecule has 1 unspecified atom stereocenters. The number of hydrogen-bond donors (Lipinski definition) is 2. The Balaban J connectivity index is 2.00. The van der Waals surface area contributed by atoms with E-state index in [0.717, 1.165) is 18.4 Å². The van der Waals surface area contributed by atoms with Gasteiger partial charge in [0.1, 0.15) is 0 Å². The highest BCUT2D eigenvalue weighted by molar-refractivity contribution is 5.84. The maximum Gasteiger partial charge on any atom is 0.229 e. The molecule has 1 saturated carbocycles. The van der Waals surface area contributed by atoms with Gasteiger partial charge in [0.15, 0.2) is 0 Å². The molecule has 1 aliphatic rings. The maximum atomic E-state index is 12.1. The lowest BCUT2D eigenvalue weighted by atomic mass is 9.98. The summed E-state index contributed by atoms with van der Waals surface area (Å²) in [7, 11) is 0. The van der Waals surface area contributed by atoms with Gasteiger partial charge in [-0.15, -0.1) is 0 Å². The maximum absolute atomic E-state index is 12.1. The molecule has 0 heterocycles. The standard InChI is InChI=1S/C14H20N2O/c15-10-13(11-6-2-1-3-7-11)14(17)16-12-8-4-5-9-12/h1-3,6-7,12-13H,4-5,8-10,15H2,(H,16,17). The van der Waals surface area contributed by atoms with Crippen LogP contribution in [-0.4, -0.2) is 18.5 Å². The lowest BCUT2D eigenvalue weighted by Crippen LogP contribution is -2.38. The summed E-state index contributed by atoms with van der Waals surface area (Å²) in [6, 6.07) is 10.1. The normalized spacial score (nSPS) is 17.9. The van der Waals surface area contributed by atoms with Gasteiger partial charge in [-0.2, -0.15) is 0 Å². The summed E-state index contributed by atoms with van der Waals surface area (Å²) in [5, 5.41) is 3.11. The predicted molar refractivity (Wildman–Crippen MR) is 68.6 cm³/mol. The second-order valence-corrected chi connectivity index (χ2v) is 4.69. The van der Waals surface area contributed by atoms with Gasteiger partial charge in [-0.05, 0) is 18.4 Å². The lowest BCUT2D eigenvalue weighted by molar-refractivity contribution is -0.123. The highest BCUT2D eigenvalue weighted by Crippen LogP contribution is 2.20. The van der Waals surface area contributed by atoms with E-state index in [2.05, 4.69) is 5.32 Å². The molecule has 3 N–H and O–H groups in total. The molecule has 92 valence electrons. The first-order valence-corrected chi connectivity index (χ1v) is 6.36. The molecular weight excluding hydrogens is 212 g/mol. The number of hydrogen-bond acceptors (Lipinski definition) is 2. The fraction of sp³-hybridized carbons (Fsp3) is 0.500. The van der Waals surface area contributed by atoms with Crippen LogP contribution in [0.15, 0.2) is 30.3 Å². The second kappa shape index (κ2) is 5.82. The fourth-order valence-corrected chi connectivity index (χ4v) is 2.45. The molecular formula is C14H20N2O. The predicted octanol–water partition coefficient (Wildman–Crippen LogP) is 1.79. The van der Waals surface area contributed by atoms with Gasteiger partial charge in [0.05, 0.1) is 5.92 Å². The minimum Gasteiger partial charge on any atom is -0.353 e. The van der Waals surface area contributed by atoms with Gasteiger partial charge in [0.2, 0.25) is 5.91 Å². The molecule has 17 heavy (non-hydrogen) atoms. The molecule has 0 saturated heterocycles. The Morgan fingerprint density at radius 3 is 2.53 bits per heavy atom. The Hall–Kier alpha value is -1.35. The van der Waals surface area contributed by atoms with Gasteiger partial charge >= 0.3 is 0 Å². The van der Waals surface area contributed by atoms with Crippen LogP contribution in [0.25, 0.3) is 0 Å². The molecule has 1 aromatic carbocycles. The van der Waals surface area contributed by atoms with Gasteiger partial charge in [-0.3, -0.25) is 4.79 Å². The van der Waals surface area contributed by atoms with Crippen molar-refractivity contribution in [3.63, 3.8) is 0 Å². The molecule has 1 aromatic rings. The second-order valence-electron chi connectivity index (χ2n) is 4.69. The van der Waals surface area contributed by atoms with Crippen molar-refractivity contribution in [1.29, 1.82) is 0 Å². The SMILES string of the molecule is NCC(C(=O)NC1CCCC1)c1ccccc1. The smallest absolute Gasteiger partial charge is 0.229 e. The molecule has 2 rings (SSSR count). The summed E-state index contributed by atoms with van der Waals surface area (Å²) in [4.78, 5) is 12.1. The van der Waals surface area contributed by atoms with Crippen molar-refractivity contribution in [2.24, 2.45) is 5.73 Å². The zero-order valence-electron chi connectivity index (χ0n) is 10.1. The number of rotatable bonds is 4. The number of nitrogens with two attached hydrogens (primary N) is 1. The quantitative estimate of drug-likeness (QED) is 0.831. The Bertz CT molecular complexity index is 358. The molecule has 0 bridgehead atoms. The topological polar surface area (TPSA) is 55.1 Å². The van der Waals surface area contributed by atoms with Gasteiger partial charge in [0.25, 0.3) is 0 Å². The number of carbonyl (C=O) groups is 1. The monoisotopic (exact) mass is 232 g/mol. The van der Waals surface area contributed by atoms with E-state index in [4.69, 9.17) is 5.73 Å². The summed E-state index contributed by atoms with van der Waals surface area (Å²) in [6.07, 6.45) is 4.67. The molecule has 0 aromatic heterocycles. The third kappa shape index (κ3) is 3.07. The molecule has 0 radical (unpaired) electrons. The van der Waals surface area contributed by atoms with E-state index in [1.807, 2.05) is 30.3 Å². The van der Waals surface area contributed by atoms with Crippen molar-refractivity contribution in [3.8, 4) is 0 Å². The van der Waals surface area contributed by atoms with Gasteiger partial charge in [-0.25, -0.2) is 0 Å². The van der Waals surface area contributed by atoms with E-state index < -0.39 is 0 Å². The van der Waals surface area contributed by atoms with E-state index in [1.165, 1.54) is 12.8 Å². The first-order chi connectivity index (χ1) is 8.31. The van der Waals surface area contributed by atoms with Crippen LogP contribution >= 0.6 is 0 Å². The zero-order chi connectivity index (χ0) is 12.1. The molecule has 1 fully saturated rings. The van der Waals surface area contributed by atoms with Crippen molar-refractivity contribution in [2.45, 2.75) is 37.6 Å². The Labute approximate surface area is 102 Å². The van der Waals surface area contributed by atoms with Crippen LogP contribution < -0.4 is 11.1 Å². The number of amides is 1. The third-order valence-electron chi connectivity index (χ3n) is 3.46. The molecule has 1 amide bonds. The molecule has 0 spiro atoms. The van der Waals surface area contributed by atoms with Crippen LogP contribution in [0.4, 0.5) is 0 Å². The average Bonchev–Trinajstić information content (AvgIpc) is 2.84. The molecule has 3 heteroatoms. The molecule has 0 aliphatic heterocycles. The highest BCUT2D eigenvalue weighted by atomic mass is 16.1. The van der Waals surface area contributed by atoms with Gasteiger partial charge in [-0.1, -0.05) is 43.2 Å². The highest BCUT2D eigenvalue weighted by Gasteiger charge is 2.23. The summed E-state index contributed by atoms with van der Waals surface area (Å²) < 4.78 is 0. The summed E-state index contributed by atoms with van der Waals surface area (Å²) in [5.74, 6) is -0.137. The van der Waals surface area contributed by atoms with Crippen molar-refractivity contribution >= 4 is 5.91 Å². The fourth-order valence-electron chi connectivity index (χ4n) is 2.45. The number of benzene rings is 1. The van der Waals surface area contributed by atoms with Crippen molar-refractivity contribution in [2.75, 3.05) is 6.54 Å². The Morgan fingerprint density at radius 2 is 1.94 bits per heavy atom. The van der Waals surface area contributed by atoms with Crippen LogP contribution in [0.3, 0.4) is 0 Å². The van der Waals surface area contributed by atoms with Crippen molar-refractivity contribution < 1.29 is 4.79 Å². The van der Waals surface area contributed by atoms with Gasteiger partial charge in [0, 0.05) is 12.6 Å². The summed E-state index contributed by atoms with van der Waals surface area (Å²) in [6.45, 7) is 0.364. The average molecular weight is 232 g/mol. The van der Waals surface area contributed by atoms with Gasteiger partial charge < -0.3 is 11.1 Å². The minimum absolute atomic E-state index is 0.0746. The first-order valence-electron chi connectivity index (χ1n) is 6.36. The largest absolute Gasteiger partial charge is 0.353 e. The van der Waals surface area contributed by atoms with Crippen LogP contribution in [0.5, 0.6) is 0 Å². The van der Waals surface area contributed by atoms with E-state index >= 15 is 0 Å². The van der Waals surface area contributed by atoms with Crippen LogP contribution in [0.1, 0.15) is 37.2 Å². The molecule has 1 atom stereocenters. The Morgan fingerprint density at radius 1 is 1.29 bits per heavy atom. The van der Waals surface area contributed by atoms with Crippen molar-refractivity contribution in [1.82, 2.24) is 5.32 Å². The first kappa shape index (κ1) is 12.1. The van der Waals surface area contributed by atoms with Crippen LogP contribution in [0, 0.1) is 0 Å². The summed E-state index contributed by atoms with van der Waals surface area (Å²) in [5.41, 5.74) is 6.72. The van der Waals surface area contributed by atoms with Crippen LogP contribution in [0.2, 0.25) is 0 Å². The molecule has 1 aliphatic carbocycles. The third-order valence-corrected chi connectivity index (χ3v) is 3.46. The van der Waals surface area contributed by atoms with Crippen LogP contribution in [-0.2, 0) is 4.79 Å². The zero-order valence-corrected chi connectivity index (χ0v) is 10.1. The van der Waals surface area contributed by atoms with E-state index in [1.54, 1.807) is 0 Å². The van der Waals surface area contributed by atoms with Crippen molar-refractivity contribution in [3.05, 3.63) is 35.9 Å². The lowest BCUT2D eigenvalue weighted by Gasteiger charge is -2.18.